The van der Waals surface area contributed by atoms with Gasteiger partial charge in [-0.05, 0) is 24.5 Å². The highest BCUT2D eigenvalue weighted by Crippen LogP contribution is 2.44. The van der Waals surface area contributed by atoms with E-state index in [1.165, 1.54) is 0 Å². The predicted octanol–water partition coefficient (Wildman–Crippen LogP) is 4.02. The van der Waals surface area contributed by atoms with Crippen molar-refractivity contribution in [2.24, 2.45) is 5.92 Å². The number of nitrogens with one attached hydrogen (secondary N) is 1. The highest BCUT2D eigenvalue weighted by molar-refractivity contribution is 5.94. The van der Waals surface area contributed by atoms with Crippen molar-refractivity contribution < 1.29 is 13.6 Å². The largest absolute Gasteiger partial charge is 0.349 e. The lowest BCUT2D eigenvalue weighted by atomic mass is 9.75. The summed E-state index contributed by atoms with van der Waals surface area (Å²) < 4.78 is 26.0. The molecule has 0 aromatic heterocycles. The van der Waals surface area contributed by atoms with Crippen molar-refractivity contribution in [2.75, 3.05) is 0 Å². The Kier molecular flexibility index (Phi) is 4.73. The van der Waals surface area contributed by atoms with Gasteiger partial charge in [-0.1, -0.05) is 38.0 Å². The molecule has 1 saturated carbocycles. The van der Waals surface area contributed by atoms with Crippen LogP contribution in [0.5, 0.6) is 0 Å². The molecular weight excluding hydrogens is 260 g/mol. The molecule has 110 valence electrons. The molecule has 1 aliphatic carbocycles. The van der Waals surface area contributed by atoms with Crippen LogP contribution in [0.25, 0.3) is 0 Å². The van der Waals surface area contributed by atoms with Crippen LogP contribution in [0.2, 0.25) is 0 Å². The first-order valence-corrected chi connectivity index (χ1v) is 7.25. The maximum absolute atomic E-state index is 13.0. The van der Waals surface area contributed by atoms with Crippen molar-refractivity contribution in [3.63, 3.8) is 0 Å². The Balaban J connectivity index is 1.95. The van der Waals surface area contributed by atoms with E-state index in [0.29, 0.717) is 5.56 Å². The summed E-state index contributed by atoms with van der Waals surface area (Å²) in [4.78, 5) is 12.1. The second kappa shape index (κ2) is 6.33. The van der Waals surface area contributed by atoms with E-state index in [1.54, 1.807) is 24.3 Å². The predicted molar refractivity (Wildman–Crippen MR) is 74.9 cm³/mol. The molecule has 4 heteroatoms. The molecule has 1 aromatic carbocycles. The number of carbonyl (C=O) groups is 1. The van der Waals surface area contributed by atoms with Gasteiger partial charge in [-0.25, -0.2) is 8.78 Å². The van der Waals surface area contributed by atoms with Crippen molar-refractivity contribution in [2.45, 2.75) is 51.0 Å². The van der Waals surface area contributed by atoms with Crippen LogP contribution >= 0.6 is 0 Å². The molecule has 1 atom stereocenters. The van der Waals surface area contributed by atoms with E-state index in [1.807, 2.05) is 6.07 Å². The van der Waals surface area contributed by atoms with Crippen molar-refractivity contribution in [3.05, 3.63) is 35.9 Å². The quantitative estimate of drug-likeness (QED) is 0.838. The summed E-state index contributed by atoms with van der Waals surface area (Å²) in [6.07, 6.45) is 2.52. The molecule has 1 aromatic rings. The summed E-state index contributed by atoms with van der Waals surface area (Å²) in [5.41, 5.74) is 0.583. The molecule has 0 unspecified atom stereocenters. The van der Waals surface area contributed by atoms with Gasteiger partial charge in [-0.15, -0.1) is 0 Å². The van der Waals surface area contributed by atoms with Gasteiger partial charge in [-0.3, -0.25) is 4.79 Å². The number of alkyl halides is 2. The van der Waals surface area contributed by atoms with Crippen LogP contribution in [0.4, 0.5) is 8.78 Å². The minimum absolute atomic E-state index is 0.0933. The van der Waals surface area contributed by atoms with E-state index < -0.39 is 5.92 Å². The molecular formula is C16H21F2NO. The summed E-state index contributed by atoms with van der Waals surface area (Å²) in [5.74, 6) is -2.79. The van der Waals surface area contributed by atoms with Crippen molar-refractivity contribution >= 4 is 5.91 Å². The third-order valence-electron chi connectivity index (χ3n) is 3.91. The molecule has 1 fully saturated rings. The molecule has 0 bridgehead atoms. The smallest absolute Gasteiger partial charge is 0.251 e. The molecule has 1 aliphatic rings. The van der Waals surface area contributed by atoms with Gasteiger partial charge in [0.25, 0.3) is 5.91 Å². The van der Waals surface area contributed by atoms with E-state index in [4.69, 9.17) is 0 Å². The second-order valence-electron chi connectivity index (χ2n) is 5.61. The second-order valence-corrected chi connectivity index (χ2v) is 5.61. The molecule has 2 rings (SSSR count). The molecule has 0 radical (unpaired) electrons. The van der Waals surface area contributed by atoms with Gasteiger partial charge >= 0.3 is 0 Å². The van der Waals surface area contributed by atoms with E-state index in [9.17, 15) is 13.6 Å². The van der Waals surface area contributed by atoms with Crippen LogP contribution < -0.4 is 5.32 Å². The van der Waals surface area contributed by atoms with Crippen molar-refractivity contribution in [1.29, 1.82) is 0 Å². The third kappa shape index (κ3) is 3.78. The molecule has 20 heavy (non-hydrogen) atoms. The molecule has 0 saturated heterocycles. The Labute approximate surface area is 118 Å². The minimum Gasteiger partial charge on any atom is -0.349 e. The average molecular weight is 281 g/mol. The van der Waals surface area contributed by atoms with Gasteiger partial charge in [-0.2, -0.15) is 0 Å². The van der Waals surface area contributed by atoms with E-state index in [-0.39, 0.29) is 30.7 Å². The molecule has 0 spiro atoms. The first kappa shape index (κ1) is 14.9. The summed E-state index contributed by atoms with van der Waals surface area (Å²) in [7, 11) is 0. The number of hydrogen-bond acceptors (Lipinski definition) is 1. The first-order chi connectivity index (χ1) is 9.52. The van der Waals surface area contributed by atoms with Crippen LogP contribution in [0.1, 0.15) is 49.4 Å². The highest BCUT2D eigenvalue weighted by Gasteiger charge is 2.48. The maximum atomic E-state index is 13.0. The number of benzene rings is 1. The Morgan fingerprint density at radius 2 is 2.00 bits per heavy atom. The number of rotatable bonds is 6. The van der Waals surface area contributed by atoms with Crippen molar-refractivity contribution in [1.82, 2.24) is 5.32 Å². The lowest BCUT2D eigenvalue weighted by molar-refractivity contribution is -0.119. The third-order valence-corrected chi connectivity index (χ3v) is 3.91. The topological polar surface area (TPSA) is 29.1 Å². The average Bonchev–Trinajstić information content (AvgIpc) is 2.41. The normalized spacial score (nSPS) is 19.1. The summed E-state index contributed by atoms with van der Waals surface area (Å²) >= 11 is 0. The molecule has 1 N–H and O–H groups in total. The first-order valence-electron chi connectivity index (χ1n) is 7.25. The fraction of sp³-hybridized carbons (Fsp3) is 0.562. The Morgan fingerprint density at radius 3 is 2.55 bits per heavy atom. The molecule has 0 heterocycles. The number of carbonyl (C=O) groups excluding carboxylic acids is 1. The lowest BCUT2D eigenvalue weighted by Crippen LogP contribution is -2.49. The highest BCUT2D eigenvalue weighted by atomic mass is 19.3. The van der Waals surface area contributed by atoms with Crippen LogP contribution in [0.15, 0.2) is 30.3 Å². The Morgan fingerprint density at radius 1 is 1.35 bits per heavy atom. The van der Waals surface area contributed by atoms with Crippen LogP contribution in [0, 0.1) is 5.92 Å². The standard InChI is InChI=1S/C16H21F2NO/c1-2-3-9-14(13-10-16(17,18)11-13)19-15(20)12-7-5-4-6-8-12/h4-8,13-14H,2-3,9-11H2,1H3,(H,19,20)/t14-/m0/s1. The lowest BCUT2D eigenvalue weighted by Gasteiger charge is -2.40. The van der Waals surface area contributed by atoms with Gasteiger partial charge in [0.05, 0.1) is 0 Å². The van der Waals surface area contributed by atoms with Gasteiger partial charge < -0.3 is 5.32 Å². The fourth-order valence-electron chi connectivity index (χ4n) is 2.68. The molecule has 0 aliphatic heterocycles. The molecule has 2 nitrogen and oxygen atoms in total. The maximum Gasteiger partial charge on any atom is 0.251 e. The number of amides is 1. The van der Waals surface area contributed by atoms with Gasteiger partial charge in [0, 0.05) is 24.4 Å². The Hall–Kier alpha value is -1.45. The zero-order valence-electron chi connectivity index (χ0n) is 11.7. The van der Waals surface area contributed by atoms with E-state index in [2.05, 4.69) is 12.2 Å². The summed E-state index contributed by atoms with van der Waals surface area (Å²) in [6, 6.07) is 8.78. The molecule has 1 amide bonds. The SMILES string of the molecule is CCCC[C@H](NC(=O)c1ccccc1)C1CC(F)(F)C1. The Bertz CT molecular complexity index is 439. The van der Waals surface area contributed by atoms with Crippen LogP contribution in [-0.2, 0) is 0 Å². The van der Waals surface area contributed by atoms with Crippen LogP contribution in [-0.4, -0.2) is 17.9 Å². The summed E-state index contributed by atoms with van der Waals surface area (Å²) in [5, 5.41) is 2.94. The fourth-order valence-corrected chi connectivity index (χ4v) is 2.68. The van der Waals surface area contributed by atoms with Crippen LogP contribution in [0.3, 0.4) is 0 Å². The van der Waals surface area contributed by atoms with Crippen molar-refractivity contribution in [3.8, 4) is 0 Å². The van der Waals surface area contributed by atoms with E-state index in [0.717, 1.165) is 19.3 Å². The summed E-state index contributed by atoms with van der Waals surface area (Å²) in [6.45, 7) is 2.06. The number of hydrogen-bond donors (Lipinski definition) is 1. The number of unbranched alkanes of at least 4 members (excludes halogenated alkanes) is 1. The number of halogens is 2. The zero-order valence-corrected chi connectivity index (χ0v) is 11.7. The van der Waals surface area contributed by atoms with Gasteiger partial charge in [0.15, 0.2) is 0 Å². The zero-order chi connectivity index (χ0) is 14.6. The monoisotopic (exact) mass is 281 g/mol. The van der Waals surface area contributed by atoms with Gasteiger partial charge in [0.2, 0.25) is 5.92 Å². The minimum atomic E-state index is -2.54. The van der Waals surface area contributed by atoms with Gasteiger partial charge in [0.1, 0.15) is 0 Å². The van der Waals surface area contributed by atoms with E-state index >= 15 is 0 Å².